The molecule has 0 saturated heterocycles. The lowest BCUT2D eigenvalue weighted by molar-refractivity contribution is -0.384. The Morgan fingerprint density at radius 1 is 1.40 bits per heavy atom. The predicted molar refractivity (Wildman–Crippen MR) is 92.0 cm³/mol. The number of phenolic OH excluding ortho intramolecular Hbond substituents is 1. The summed E-state index contributed by atoms with van der Waals surface area (Å²) >= 11 is 5.83. The Balaban J connectivity index is 1.98. The van der Waals surface area contributed by atoms with Crippen molar-refractivity contribution in [2.24, 2.45) is 5.10 Å². The van der Waals surface area contributed by atoms with Gasteiger partial charge >= 0.3 is 0 Å². The van der Waals surface area contributed by atoms with Gasteiger partial charge in [-0.3, -0.25) is 14.9 Å². The first-order valence-corrected chi connectivity index (χ1v) is 7.47. The van der Waals surface area contributed by atoms with E-state index in [4.69, 9.17) is 16.3 Å². The second-order valence-electron chi connectivity index (χ2n) is 4.95. The molecule has 9 heteroatoms. The molecule has 0 fully saturated rings. The Morgan fingerprint density at radius 3 is 2.84 bits per heavy atom. The van der Waals surface area contributed by atoms with Crippen LogP contribution in [-0.4, -0.2) is 28.3 Å². The maximum atomic E-state index is 11.9. The molecule has 0 aliphatic carbocycles. The number of nitrogens with one attached hydrogen (secondary N) is 1. The molecule has 1 amide bonds. The second kappa shape index (κ2) is 8.11. The number of amides is 1. The summed E-state index contributed by atoms with van der Waals surface area (Å²) in [5.41, 5.74) is 2.12. The molecule has 130 valence electrons. The lowest BCUT2D eigenvalue weighted by Gasteiger charge is -2.12. The number of rotatable bonds is 6. The molecule has 2 N–H and O–H groups in total. The monoisotopic (exact) mass is 363 g/mol. The first kappa shape index (κ1) is 18.2. The highest BCUT2D eigenvalue weighted by molar-refractivity contribution is 6.30. The van der Waals surface area contributed by atoms with Gasteiger partial charge in [0.2, 0.25) is 0 Å². The molecule has 8 nitrogen and oxygen atoms in total. The number of carbonyl (C=O) groups excluding carboxylic acids is 1. The van der Waals surface area contributed by atoms with E-state index in [0.717, 1.165) is 18.3 Å². The SMILES string of the molecule is C[C@@H](Oc1cccc(Cl)c1)C(=O)N/N=C/c1cc([N+](=O)[O-])ccc1O. The molecule has 0 bridgehead atoms. The van der Waals surface area contributed by atoms with Crippen molar-refractivity contribution in [3.63, 3.8) is 0 Å². The van der Waals surface area contributed by atoms with Gasteiger partial charge < -0.3 is 9.84 Å². The quantitative estimate of drug-likeness (QED) is 0.465. The first-order valence-electron chi connectivity index (χ1n) is 7.09. The van der Waals surface area contributed by atoms with Gasteiger partial charge in [-0.05, 0) is 31.2 Å². The van der Waals surface area contributed by atoms with Gasteiger partial charge in [0.1, 0.15) is 11.5 Å². The van der Waals surface area contributed by atoms with Crippen LogP contribution in [0.15, 0.2) is 47.6 Å². The van der Waals surface area contributed by atoms with Crippen LogP contribution in [0.4, 0.5) is 5.69 Å². The maximum Gasteiger partial charge on any atom is 0.280 e. The van der Waals surface area contributed by atoms with Crippen LogP contribution in [-0.2, 0) is 4.79 Å². The molecule has 0 aliphatic rings. The summed E-state index contributed by atoms with van der Waals surface area (Å²) in [6.07, 6.45) is 0.251. The second-order valence-corrected chi connectivity index (χ2v) is 5.39. The number of phenols is 1. The number of carbonyl (C=O) groups is 1. The summed E-state index contributed by atoms with van der Waals surface area (Å²) in [5, 5.41) is 24.5. The minimum atomic E-state index is -0.852. The summed E-state index contributed by atoms with van der Waals surface area (Å²) in [4.78, 5) is 22.0. The molecule has 2 aromatic rings. The van der Waals surface area contributed by atoms with Crippen molar-refractivity contribution in [3.8, 4) is 11.5 Å². The highest BCUT2D eigenvalue weighted by Crippen LogP contribution is 2.21. The molecule has 2 aromatic carbocycles. The summed E-state index contributed by atoms with van der Waals surface area (Å²) in [5.74, 6) is -0.316. The van der Waals surface area contributed by atoms with Gasteiger partial charge in [0.15, 0.2) is 6.10 Å². The van der Waals surface area contributed by atoms with Gasteiger partial charge in [-0.2, -0.15) is 5.10 Å². The van der Waals surface area contributed by atoms with Crippen molar-refractivity contribution in [2.45, 2.75) is 13.0 Å². The summed E-state index contributed by atoms with van der Waals surface area (Å²) in [7, 11) is 0. The van der Waals surface area contributed by atoms with Crippen molar-refractivity contribution >= 4 is 29.4 Å². The van der Waals surface area contributed by atoms with Crippen molar-refractivity contribution < 1.29 is 19.6 Å². The van der Waals surface area contributed by atoms with Gasteiger partial charge in [-0.15, -0.1) is 0 Å². The van der Waals surface area contributed by atoms with E-state index in [9.17, 15) is 20.0 Å². The van der Waals surface area contributed by atoms with E-state index in [1.807, 2.05) is 0 Å². The van der Waals surface area contributed by atoms with Gasteiger partial charge in [0.25, 0.3) is 11.6 Å². The average molecular weight is 364 g/mol. The van der Waals surface area contributed by atoms with Crippen LogP contribution in [0.25, 0.3) is 0 Å². The molecule has 0 spiro atoms. The number of hydrogen-bond acceptors (Lipinski definition) is 6. The van der Waals surface area contributed by atoms with E-state index in [1.165, 1.54) is 13.0 Å². The third kappa shape index (κ3) is 5.18. The van der Waals surface area contributed by atoms with Gasteiger partial charge in [-0.1, -0.05) is 17.7 Å². The van der Waals surface area contributed by atoms with Gasteiger partial charge in [0, 0.05) is 22.7 Å². The number of hydrazone groups is 1. The number of hydrogen-bond donors (Lipinski definition) is 2. The summed E-state index contributed by atoms with van der Waals surface area (Å²) in [6, 6.07) is 10.0. The van der Waals surface area contributed by atoms with Crippen LogP contribution in [0, 0.1) is 10.1 Å². The number of nitrogens with zero attached hydrogens (tertiary/aromatic N) is 2. The normalized spacial score (nSPS) is 11.9. The molecular formula is C16H14ClN3O5. The Hall–Kier alpha value is -3.13. The lowest BCUT2D eigenvalue weighted by atomic mass is 10.2. The summed E-state index contributed by atoms with van der Waals surface area (Å²) < 4.78 is 5.42. The predicted octanol–water partition coefficient (Wildman–Crippen LogP) is 2.87. The van der Waals surface area contributed by atoms with Crippen LogP contribution < -0.4 is 10.2 Å². The molecule has 0 aromatic heterocycles. The highest BCUT2D eigenvalue weighted by atomic mass is 35.5. The fourth-order valence-electron chi connectivity index (χ4n) is 1.81. The van der Waals surface area contributed by atoms with Gasteiger partial charge in [0.05, 0.1) is 11.1 Å². The third-order valence-electron chi connectivity index (χ3n) is 3.08. The van der Waals surface area contributed by atoms with Gasteiger partial charge in [-0.25, -0.2) is 5.43 Å². The fourth-order valence-corrected chi connectivity index (χ4v) is 1.99. The van der Waals surface area contributed by atoms with Crippen LogP contribution in [0.3, 0.4) is 0 Å². The van der Waals surface area contributed by atoms with E-state index in [-0.39, 0.29) is 17.0 Å². The van der Waals surface area contributed by atoms with E-state index in [1.54, 1.807) is 24.3 Å². The molecule has 0 unspecified atom stereocenters. The minimum Gasteiger partial charge on any atom is -0.507 e. The molecule has 2 rings (SSSR count). The molecule has 25 heavy (non-hydrogen) atoms. The number of halogens is 1. The Labute approximate surface area is 147 Å². The molecule has 0 aliphatic heterocycles. The largest absolute Gasteiger partial charge is 0.507 e. The van der Waals surface area contributed by atoms with Crippen molar-refractivity contribution in [1.82, 2.24) is 5.43 Å². The highest BCUT2D eigenvalue weighted by Gasteiger charge is 2.14. The maximum absolute atomic E-state index is 11.9. The molecule has 1 atom stereocenters. The van der Waals surface area contributed by atoms with Crippen LogP contribution in [0.1, 0.15) is 12.5 Å². The molecule has 0 radical (unpaired) electrons. The number of non-ortho nitro benzene ring substituents is 1. The zero-order valence-corrected chi connectivity index (χ0v) is 13.8. The Morgan fingerprint density at radius 2 is 2.16 bits per heavy atom. The topological polar surface area (TPSA) is 114 Å². The van der Waals surface area contributed by atoms with Crippen LogP contribution >= 0.6 is 11.6 Å². The standard InChI is InChI=1S/C16H14ClN3O5/c1-10(25-14-4-2-3-12(17)8-14)16(22)19-18-9-11-7-13(20(23)24)5-6-15(11)21/h2-10,21H,1H3,(H,19,22)/b18-9+/t10-/m1/s1. The number of benzene rings is 2. The number of aromatic hydroxyl groups is 1. The smallest absolute Gasteiger partial charge is 0.280 e. The zero-order chi connectivity index (χ0) is 18.4. The van der Waals surface area contributed by atoms with Crippen molar-refractivity contribution in [2.75, 3.05) is 0 Å². The fraction of sp³-hybridized carbons (Fsp3) is 0.125. The van der Waals surface area contributed by atoms with Crippen LogP contribution in [0.2, 0.25) is 5.02 Å². The Kier molecular flexibility index (Phi) is 5.91. The number of ether oxygens (including phenoxy) is 1. The first-order chi connectivity index (χ1) is 11.9. The Bertz CT molecular complexity index is 825. The lowest BCUT2D eigenvalue weighted by Crippen LogP contribution is -2.33. The third-order valence-corrected chi connectivity index (χ3v) is 3.31. The van der Waals surface area contributed by atoms with E-state index >= 15 is 0 Å². The van der Waals surface area contributed by atoms with Crippen molar-refractivity contribution in [3.05, 3.63) is 63.2 Å². The number of nitro groups is 1. The summed E-state index contributed by atoms with van der Waals surface area (Å²) in [6.45, 7) is 1.52. The van der Waals surface area contributed by atoms with E-state index < -0.39 is 16.9 Å². The van der Waals surface area contributed by atoms with E-state index in [2.05, 4.69) is 10.5 Å². The minimum absolute atomic E-state index is 0.0953. The van der Waals surface area contributed by atoms with E-state index in [0.29, 0.717) is 10.8 Å². The van der Waals surface area contributed by atoms with Crippen LogP contribution in [0.5, 0.6) is 11.5 Å². The molecule has 0 heterocycles. The number of nitro benzene ring substituents is 1. The zero-order valence-electron chi connectivity index (χ0n) is 13.0. The molecular weight excluding hydrogens is 350 g/mol. The average Bonchev–Trinajstić information content (AvgIpc) is 2.56. The molecule has 0 saturated carbocycles. The van der Waals surface area contributed by atoms with Crippen molar-refractivity contribution in [1.29, 1.82) is 0 Å².